The highest BCUT2D eigenvalue weighted by Gasteiger charge is 2.36. The Morgan fingerprint density at radius 1 is 0.439 bits per heavy atom. The molecule has 0 aromatic heterocycles. The van der Waals surface area contributed by atoms with Crippen LogP contribution in [-0.4, -0.2) is 91.0 Å². The molecule has 0 N–H and O–H groups in total. The summed E-state index contributed by atoms with van der Waals surface area (Å²) in [6, 6.07) is 0. The number of ether oxygens (including phenoxy) is 6. The zero-order valence-electron chi connectivity index (χ0n) is 41.2. The summed E-state index contributed by atoms with van der Waals surface area (Å²) in [7, 11) is 0. The van der Waals surface area contributed by atoms with E-state index in [0.29, 0.717) is 51.4 Å². The minimum atomic E-state index is -4.52. The predicted molar refractivity (Wildman–Crippen MR) is 225 cm³/mol. The lowest BCUT2D eigenvalue weighted by molar-refractivity contribution is -0.186. The van der Waals surface area contributed by atoms with E-state index in [1.807, 2.05) is 27.7 Å². The number of carbonyl (C=O) groups is 6. The molecule has 0 heterocycles. The fraction of sp³-hybridized carbons (Fsp3) is 0.867. The molecule has 0 aliphatic rings. The van der Waals surface area contributed by atoms with Crippen molar-refractivity contribution in [3.05, 3.63) is 0 Å². The Balaban J connectivity index is -0.000000903. The van der Waals surface area contributed by atoms with Crippen molar-refractivity contribution in [3.63, 3.8) is 0 Å². The number of hydrogen-bond donors (Lipinski definition) is 0. The summed E-state index contributed by atoms with van der Waals surface area (Å²) in [6.07, 6.45) is -9.51. The lowest BCUT2D eigenvalue weighted by Crippen LogP contribution is -2.37. The van der Waals surface area contributed by atoms with E-state index in [4.69, 9.17) is 14.2 Å². The second-order valence-corrected chi connectivity index (χ2v) is 18.7. The number of carbonyl (C=O) groups excluding carboxylic acids is 6. The molecule has 66 heavy (non-hydrogen) atoms. The largest absolute Gasteiger partial charge is 0.459 e. The van der Waals surface area contributed by atoms with Crippen molar-refractivity contribution >= 4 is 35.8 Å². The first-order valence-electron chi connectivity index (χ1n) is 22.0. The Morgan fingerprint density at radius 3 is 1.03 bits per heavy atom. The lowest BCUT2D eigenvalue weighted by Gasteiger charge is -2.32. The van der Waals surface area contributed by atoms with Gasteiger partial charge < -0.3 is 28.4 Å². The third-order valence-corrected chi connectivity index (χ3v) is 10.3. The highest BCUT2D eigenvalue weighted by Crippen LogP contribution is 2.31. The van der Waals surface area contributed by atoms with Crippen molar-refractivity contribution in [1.82, 2.24) is 0 Å². The number of esters is 6. The molecule has 0 rings (SSSR count). The van der Waals surface area contributed by atoms with E-state index in [2.05, 4.69) is 14.2 Å². The van der Waals surface area contributed by atoms with Gasteiger partial charge in [-0.15, -0.1) is 0 Å². The van der Waals surface area contributed by atoms with Crippen molar-refractivity contribution in [2.45, 2.75) is 216 Å². The van der Waals surface area contributed by atoms with Crippen LogP contribution in [0.1, 0.15) is 180 Å². The van der Waals surface area contributed by atoms with Gasteiger partial charge in [-0.05, 0) is 127 Å². The highest BCUT2D eigenvalue weighted by atomic mass is 19.4. The van der Waals surface area contributed by atoms with Crippen LogP contribution in [0.4, 0.5) is 39.5 Å². The molecule has 2 atom stereocenters. The van der Waals surface area contributed by atoms with Crippen LogP contribution in [0.5, 0.6) is 0 Å². The van der Waals surface area contributed by atoms with Crippen LogP contribution in [-0.2, 0) is 57.2 Å². The second-order valence-electron chi connectivity index (χ2n) is 18.7. The van der Waals surface area contributed by atoms with Gasteiger partial charge in [-0.25, -0.2) is 0 Å². The Hall–Kier alpha value is -3.81. The van der Waals surface area contributed by atoms with Gasteiger partial charge in [-0.2, -0.15) is 39.5 Å². The molecule has 0 radical (unpaired) electrons. The van der Waals surface area contributed by atoms with Crippen LogP contribution in [0.2, 0.25) is 0 Å². The fourth-order valence-electron chi connectivity index (χ4n) is 4.61. The number of rotatable bonds is 25. The van der Waals surface area contributed by atoms with E-state index in [1.54, 1.807) is 69.2 Å². The van der Waals surface area contributed by atoms with E-state index >= 15 is 0 Å². The smallest absolute Gasteiger partial charge is 0.422 e. The molecule has 0 aromatic rings. The van der Waals surface area contributed by atoms with E-state index in [0.717, 1.165) is 0 Å². The number of hydrogen-bond acceptors (Lipinski definition) is 12. The molecule has 12 nitrogen and oxygen atoms in total. The van der Waals surface area contributed by atoms with E-state index in [9.17, 15) is 68.3 Å². The molecule has 0 amide bonds. The molecule has 21 heteroatoms. The first kappa shape index (κ1) is 66.5. The van der Waals surface area contributed by atoms with Gasteiger partial charge in [0.25, 0.3) is 0 Å². The average Bonchev–Trinajstić information content (AvgIpc) is 3.17. The Kier molecular flexibility index (Phi) is 29.4. The third-order valence-electron chi connectivity index (χ3n) is 10.3. The number of alkyl halides is 9. The van der Waals surface area contributed by atoms with Gasteiger partial charge >= 0.3 is 54.3 Å². The van der Waals surface area contributed by atoms with Gasteiger partial charge in [0.05, 0.1) is 16.7 Å². The number of halogens is 9. The Bertz CT molecular complexity index is 1490. The van der Waals surface area contributed by atoms with E-state index in [-0.39, 0.29) is 55.9 Å². The SMILES string of the molecule is CCC(C)(C)C(=O)OC(C)(C)CCCC(=O)OCC(F)(F)F.CCC(C)(CCCC(=O)OCC(F)(F)F)OC(=O)C(C)(C)CC.CCC(C)C(=O)OC(C)(C)CCCC(=O)OCC(F)(F)F. The topological polar surface area (TPSA) is 158 Å². The molecule has 0 aliphatic heterocycles. The van der Waals surface area contributed by atoms with Crippen LogP contribution in [0.15, 0.2) is 0 Å². The second kappa shape index (κ2) is 29.2. The van der Waals surface area contributed by atoms with Gasteiger partial charge in [-0.3, -0.25) is 28.8 Å². The minimum Gasteiger partial charge on any atom is -0.459 e. The fourth-order valence-corrected chi connectivity index (χ4v) is 4.61. The van der Waals surface area contributed by atoms with Gasteiger partial charge in [0.15, 0.2) is 19.8 Å². The van der Waals surface area contributed by atoms with Gasteiger partial charge in [0.2, 0.25) is 0 Å². The zero-order valence-corrected chi connectivity index (χ0v) is 41.2. The molecule has 390 valence electrons. The minimum absolute atomic E-state index is 0.139. The Labute approximate surface area is 384 Å². The molecule has 0 aliphatic carbocycles. The van der Waals surface area contributed by atoms with Crippen LogP contribution in [0.25, 0.3) is 0 Å². The van der Waals surface area contributed by atoms with Crippen molar-refractivity contribution in [2.24, 2.45) is 16.7 Å². The molecule has 0 fully saturated rings. The predicted octanol–water partition coefficient (Wildman–Crippen LogP) is 12.1. The van der Waals surface area contributed by atoms with Gasteiger partial charge in [-0.1, -0.05) is 34.6 Å². The lowest BCUT2D eigenvalue weighted by atomic mass is 9.89. The molecule has 2 unspecified atom stereocenters. The summed E-state index contributed by atoms with van der Waals surface area (Å²) >= 11 is 0. The molecule has 0 spiro atoms. The summed E-state index contributed by atoms with van der Waals surface area (Å²) < 4.78 is 136. The van der Waals surface area contributed by atoms with Crippen LogP contribution < -0.4 is 0 Å². The first-order valence-corrected chi connectivity index (χ1v) is 22.0. The summed E-state index contributed by atoms with van der Waals surface area (Å²) in [5.41, 5.74) is -3.47. The molecule has 0 saturated heterocycles. The summed E-state index contributed by atoms with van der Waals surface area (Å²) in [6.45, 7) is 20.3. The van der Waals surface area contributed by atoms with Gasteiger partial charge in [0.1, 0.15) is 16.8 Å². The van der Waals surface area contributed by atoms with Crippen LogP contribution in [0.3, 0.4) is 0 Å². The maximum absolute atomic E-state index is 12.1. The normalized spacial score (nSPS) is 13.9. The summed E-state index contributed by atoms with van der Waals surface area (Å²) in [5.74, 6) is -3.89. The van der Waals surface area contributed by atoms with Crippen molar-refractivity contribution in [1.29, 1.82) is 0 Å². The van der Waals surface area contributed by atoms with Crippen LogP contribution >= 0.6 is 0 Å². The molecular formula is C45H75F9O12. The molecule has 0 bridgehead atoms. The molecule has 0 saturated carbocycles. The summed E-state index contributed by atoms with van der Waals surface area (Å²) in [5, 5.41) is 0. The average molecular weight is 979 g/mol. The summed E-state index contributed by atoms with van der Waals surface area (Å²) in [4.78, 5) is 69.3. The molecule has 0 aromatic carbocycles. The van der Waals surface area contributed by atoms with E-state index < -0.39 is 83.9 Å². The van der Waals surface area contributed by atoms with Gasteiger partial charge in [0, 0.05) is 19.3 Å². The Morgan fingerprint density at radius 2 is 0.742 bits per heavy atom. The van der Waals surface area contributed by atoms with Crippen LogP contribution in [0, 0.1) is 16.7 Å². The maximum atomic E-state index is 12.1. The highest BCUT2D eigenvalue weighted by molar-refractivity contribution is 5.77. The van der Waals surface area contributed by atoms with Crippen molar-refractivity contribution in [2.75, 3.05) is 19.8 Å². The molecular weight excluding hydrogens is 903 g/mol. The standard InChI is InChI=1S/C16H27F3O4.C15H25F3O4.C14H23F3O4/c1-6-14(3,4)13(21)23-15(5,7-2)10-8-9-12(20)22-11-16(17,18)19;1-6-13(2,3)12(20)22-14(4,5)9-7-8-11(19)21-10-15(16,17)18;1-5-10(2)12(19)21-13(3,4)8-6-7-11(18)20-9-14(15,16)17/h6-11H2,1-5H3;6-10H2,1-5H3;10H,5-9H2,1-4H3. The third kappa shape index (κ3) is 35.4. The maximum Gasteiger partial charge on any atom is 0.422 e. The first-order chi connectivity index (χ1) is 29.6. The van der Waals surface area contributed by atoms with Crippen molar-refractivity contribution in [3.8, 4) is 0 Å². The monoisotopic (exact) mass is 979 g/mol. The quantitative estimate of drug-likeness (QED) is 0.0485. The zero-order chi connectivity index (χ0) is 52.6. The van der Waals surface area contributed by atoms with E-state index in [1.165, 1.54) is 0 Å². The van der Waals surface area contributed by atoms with Crippen molar-refractivity contribution < 1.29 is 96.7 Å².